The zero-order valence-corrected chi connectivity index (χ0v) is 17.5. The van der Waals surface area contributed by atoms with E-state index in [1.165, 1.54) is 0 Å². The fourth-order valence-corrected chi connectivity index (χ4v) is 3.12. The van der Waals surface area contributed by atoms with Crippen LogP contribution in [-0.4, -0.2) is 47.5 Å². The van der Waals surface area contributed by atoms with Gasteiger partial charge in [0.25, 0.3) is 23.6 Å². The molecular weight excluding hydrogens is 404 g/mol. The fraction of sp³-hybridized carbons (Fsp3) is 0.154. The summed E-state index contributed by atoms with van der Waals surface area (Å²) >= 11 is 0. The van der Waals surface area contributed by atoms with Gasteiger partial charge in [0, 0.05) is 14.1 Å². The van der Waals surface area contributed by atoms with Gasteiger partial charge in [0.05, 0.1) is 36.0 Å². The molecule has 0 saturated carbocycles. The highest BCUT2D eigenvalue weighted by Gasteiger charge is 2.34. The average Bonchev–Trinajstić information content (AvgIpc) is 3.33. The van der Waals surface area contributed by atoms with Crippen LogP contribution in [0, 0.1) is 13.8 Å². The number of amides is 4. The number of hydrogen-bond donors (Lipinski definition) is 0. The number of hydrogen-bond acceptors (Lipinski definition) is 4. The molecule has 4 amide bonds. The summed E-state index contributed by atoms with van der Waals surface area (Å²) in [5.74, 6) is -3.43. The standard InChI is InChI=1S/C18H12N2O4.C8H10/c1-19-15(21)11-5-3-9(7-13(11)17(19)23)10-4-6-12-14(8-10)18(24)20(2)16(12)22;1-7-4-3-5-8(2)6-7/h3-8H,1-2H3;3-6H,1-2H3/i3D,4D,5D,6D,7D,8D;3D,4D,5D,6D. The third kappa shape index (κ3) is 3.50. The van der Waals surface area contributed by atoms with Crippen LogP contribution >= 0.6 is 0 Å². The lowest BCUT2D eigenvalue weighted by Crippen LogP contribution is -2.24. The number of carbonyl (C=O) groups excluding carboxylic acids is 4. The van der Waals surface area contributed by atoms with Gasteiger partial charge in [-0.15, -0.1) is 0 Å². The second-order valence-corrected chi connectivity index (χ2v) is 7.09. The van der Waals surface area contributed by atoms with Crippen molar-refractivity contribution >= 4 is 23.6 Å². The third-order valence-electron chi connectivity index (χ3n) is 4.82. The molecule has 6 nitrogen and oxygen atoms in total. The number of fused-ring (bicyclic) bond motifs is 2. The summed E-state index contributed by atoms with van der Waals surface area (Å²) in [5.41, 5.74) is -1.74. The van der Waals surface area contributed by atoms with E-state index in [1.807, 2.05) is 0 Å². The van der Waals surface area contributed by atoms with Gasteiger partial charge < -0.3 is 0 Å². The van der Waals surface area contributed by atoms with Crippen LogP contribution in [0.1, 0.15) is 66.3 Å². The molecule has 2 aliphatic heterocycles. The molecule has 32 heavy (non-hydrogen) atoms. The van der Waals surface area contributed by atoms with E-state index in [2.05, 4.69) is 0 Å². The Balaban J connectivity index is 0.000000283. The number of nitrogens with zero attached hydrogens (tertiary/aromatic N) is 2. The van der Waals surface area contributed by atoms with Crippen LogP contribution in [0.2, 0.25) is 0 Å². The number of rotatable bonds is 1. The van der Waals surface area contributed by atoms with Crippen molar-refractivity contribution in [2.24, 2.45) is 0 Å². The lowest BCUT2D eigenvalue weighted by molar-refractivity contribution is 0.0677. The summed E-state index contributed by atoms with van der Waals surface area (Å²) < 4.78 is 79.3. The van der Waals surface area contributed by atoms with Crippen molar-refractivity contribution in [3.05, 3.63) is 93.8 Å². The minimum atomic E-state index is -0.869. The Bertz CT molecular complexity index is 1620. The van der Waals surface area contributed by atoms with Crippen LogP contribution in [0.5, 0.6) is 0 Å². The Kier molecular flexibility index (Phi) is 2.98. The number of carbonyl (C=O) groups is 4. The van der Waals surface area contributed by atoms with Gasteiger partial charge in [0.1, 0.15) is 0 Å². The summed E-state index contributed by atoms with van der Waals surface area (Å²) in [6, 6.07) is -3.90. The van der Waals surface area contributed by atoms with Gasteiger partial charge in [-0.25, -0.2) is 0 Å². The minimum Gasteiger partial charge on any atom is -0.277 e. The molecule has 6 heteroatoms. The predicted molar refractivity (Wildman–Crippen MR) is 121 cm³/mol. The molecule has 2 aliphatic rings. The third-order valence-corrected chi connectivity index (χ3v) is 4.82. The smallest absolute Gasteiger partial charge is 0.261 e. The topological polar surface area (TPSA) is 74.8 Å². The largest absolute Gasteiger partial charge is 0.277 e. The van der Waals surface area contributed by atoms with Crippen LogP contribution < -0.4 is 0 Å². The average molecular weight is 437 g/mol. The van der Waals surface area contributed by atoms with Gasteiger partial charge in [-0.2, -0.15) is 0 Å². The highest BCUT2D eigenvalue weighted by atomic mass is 16.2. The highest BCUT2D eigenvalue weighted by molar-refractivity contribution is 6.22. The van der Waals surface area contributed by atoms with Crippen LogP contribution in [0.15, 0.2) is 60.4 Å². The maximum Gasteiger partial charge on any atom is 0.261 e. The molecule has 0 N–H and O–H groups in total. The zero-order valence-electron chi connectivity index (χ0n) is 27.5. The quantitative estimate of drug-likeness (QED) is 0.538. The van der Waals surface area contributed by atoms with Crippen molar-refractivity contribution in [2.75, 3.05) is 14.1 Å². The Morgan fingerprint density at radius 1 is 0.562 bits per heavy atom. The molecule has 3 aromatic carbocycles. The maximum atomic E-state index is 12.4. The first kappa shape index (κ1) is 12.1. The second kappa shape index (κ2) is 7.89. The Hall–Kier alpha value is -4.06. The van der Waals surface area contributed by atoms with Gasteiger partial charge in [-0.1, -0.05) is 47.4 Å². The molecule has 0 aliphatic carbocycles. The summed E-state index contributed by atoms with van der Waals surface area (Å²) in [4.78, 5) is 50.8. The van der Waals surface area contributed by atoms with Gasteiger partial charge in [-0.3, -0.25) is 29.0 Å². The molecule has 0 saturated heterocycles. The lowest BCUT2D eigenvalue weighted by atomic mass is 9.97. The van der Waals surface area contributed by atoms with Crippen molar-refractivity contribution in [3.63, 3.8) is 0 Å². The Labute approximate surface area is 200 Å². The molecule has 0 spiro atoms. The molecule has 0 atom stereocenters. The summed E-state index contributed by atoms with van der Waals surface area (Å²) in [5, 5.41) is 0. The summed E-state index contributed by atoms with van der Waals surface area (Å²) in [6.07, 6.45) is 0. The van der Waals surface area contributed by atoms with Crippen LogP contribution in [0.4, 0.5) is 0 Å². The maximum absolute atomic E-state index is 12.4. The van der Waals surface area contributed by atoms with Crippen LogP contribution in [0.3, 0.4) is 0 Å². The molecule has 0 unspecified atom stereocenters. The molecule has 0 aromatic heterocycles. The van der Waals surface area contributed by atoms with E-state index in [9.17, 15) is 19.2 Å². The van der Waals surface area contributed by atoms with E-state index in [0.29, 0.717) is 20.9 Å². The van der Waals surface area contributed by atoms with Crippen LogP contribution in [-0.2, 0) is 0 Å². The van der Waals surface area contributed by atoms with Gasteiger partial charge in [-0.05, 0) is 49.1 Å². The van der Waals surface area contributed by atoms with E-state index < -0.39 is 93.3 Å². The van der Waals surface area contributed by atoms with Crippen molar-refractivity contribution in [1.82, 2.24) is 9.80 Å². The normalized spacial score (nSPS) is 18.8. The van der Waals surface area contributed by atoms with Crippen molar-refractivity contribution in [3.8, 4) is 11.1 Å². The monoisotopic (exact) mass is 436 g/mol. The highest BCUT2D eigenvalue weighted by Crippen LogP contribution is 2.31. The molecule has 5 rings (SSSR count). The Morgan fingerprint density at radius 3 is 1.34 bits per heavy atom. The molecule has 0 fully saturated rings. The van der Waals surface area contributed by atoms with E-state index in [-0.39, 0.29) is 24.2 Å². The number of imide groups is 2. The lowest BCUT2D eigenvalue weighted by Gasteiger charge is -2.05. The van der Waals surface area contributed by atoms with E-state index in [0.717, 1.165) is 14.1 Å². The molecule has 0 radical (unpaired) electrons. The predicted octanol–water partition coefficient (Wildman–Crippen LogP) is 4.11. The molecule has 160 valence electrons. The molecular formula is C26H22N2O4. The zero-order chi connectivity index (χ0) is 31.9. The SMILES string of the molecule is [2H]c1c([2H])c(-c2c([2H])c([2H])c3c(c2[2H])C(=O)N(C)C3=O)c([2H])c2c1C(=O)N(C)C2=O.[2H]c1c([2H])c(C)c([2H])c(C)c1[2H]. The first-order valence-corrected chi connectivity index (χ1v) is 9.36. The Morgan fingerprint density at radius 2 is 0.938 bits per heavy atom. The van der Waals surface area contributed by atoms with Gasteiger partial charge in [0.2, 0.25) is 0 Å². The van der Waals surface area contributed by atoms with Crippen molar-refractivity contribution in [2.45, 2.75) is 13.8 Å². The minimum absolute atomic E-state index is 0.00407. The first-order valence-electron chi connectivity index (χ1n) is 14.4. The van der Waals surface area contributed by atoms with Crippen molar-refractivity contribution < 1.29 is 32.9 Å². The second-order valence-electron chi connectivity index (χ2n) is 7.09. The summed E-state index contributed by atoms with van der Waals surface area (Å²) in [6.45, 7) is 3.27. The first-order chi connectivity index (χ1) is 19.4. The van der Waals surface area contributed by atoms with E-state index in [1.54, 1.807) is 13.8 Å². The van der Waals surface area contributed by atoms with Crippen molar-refractivity contribution in [1.29, 1.82) is 0 Å². The molecule has 2 heterocycles. The fourth-order valence-electron chi connectivity index (χ4n) is 3.12. The number of benzene rings is 3. The summed E-state index contributed by atoms with van der Waals surface area (Å²) in [7, 11) is 2.33. The van der Waals surface area contributed by atoms with E-state index >= 15 is 0 Å². The van der Waals surface area contributed by atoms with Crippen LogP contribution in [0.25, 0.3) is 11.1 Å². The van der Waals surface area contributed by atoms with Gasteiger partial charge >= 0.3 is 0 Å². The van der Waals surface area contributed by atoms with Gasteiger partial charge in [0.15, 0.2) is 0 Å². The molecule has 3 aromatic rings. The molecule has 0 bridgehead atoms. The van der Waals surface area contributed by atoms with E-state index in [4.69, 9.17) is 13.7 Å².